The summed E-state index contributed by atoms with van der Waals surface area (Å²) < 4.78 is 6.36. The molecule has 0 radical (unpaired) electrons. The molecule has 0 unspecified atom stereocenters. The lowest BCUT2D eigenvalue weighted by atomic mass is 10.1. The topological polar surface area (TPSA) is 64.4 Å². The quantitative estimate of drug-likeness (QED) is 0.764. The molecule has 1 aliphatic rings. The van der Waals surface area contributed by atoms with E-state index >= 15 is 0 Å². The second-order valence-electron chi connectivity index (χ2n) is 4.59. The Morgan fingerprint density at radius 2 is 2.05 bits per heavy atom. The van der Waals surface area contributed by atoms with E-state index in [2.05, 4.69) is 5.10 Å². The molecule has 0 aliphatic carbocycles. The minimum absolute atomic E-state index is 0.0539. The van der Waals surface area contributed by atoms with E-state index in [-0.39, 0.29) is 12.5 Å². The van der Waals surface area contributed by atoms with Gasteiger partial charge < -0.3 is 9.64 Å². The highest BCUT2D eigenvalue weighted by atomic mass is 16.5. The smallest absolute Gasteiger partial charge is 0.341 e. The van der Waals surface area contributed by atoms with Crippen LogP contribution in [-0.2, 0) is 16.1 Å². The summed E-state index contributed by atoms with van der Waals surface area (Å²) in [6, 6.07) is 0. The predicted octanol–water partition coefficient (Wildman–Crippen LogP) is 1.07. The SMILES string of the molecule is CCOC(=O)c1cnn(CC(=O)N2CCCCC2)c1. The maximum atomic E-state index is 12.0. The molecule has 1 fully saturated rings. The number of rotatable bonds is 4. The largest absolute Gasteiger partial charge is 0.462 e. The second kappa shape index (κ2) is 6.36. The zero-order valence-corrected chi connectivity index (χ0v) is 11.2. The van der Waals surface area contributed by atoms with E-state index in [0.29, 0.717) is 12.2 Å². The third kappa shape index (κ3) is 3.56. The standard InChI is InChI=1S/C13H19N3O3/c1-2-19-13(18)11-8-14-16(9-11)10-12(17)15-6-4-3-5-7-15/h8-9H,2-7,10H2,1H3. The summed E-state index contributed by atoms with van der Waals surface area (Å²) in [4.78, 5) is 25.4. The Morgan fingerprint density at radius 3 is 2.74 bits per heavy atom. The molecule has 6 nitrogen and oxygen atoms in total. The Labute approximate surface area is 112 Å². The van der Waals surface area contributed by atoms with Gasteiger partial charge in [0.05, 0.1) is 18.4 Å². The number of nitrogens with zero attached hydrogens (tertiary/aromatic N) is 3. The van der Waals surface area contributed by atoms with Gasteiger partial charge in [-0.3, -0.25) is 9.48 Å². The third-order valence-electron chi connectivity index (χ3n) is 3.15. The zero-order chi connectivity index (χ0) is 13.7. The molecule has 0 saturated carbocycles. The van der Waals surface area contributed by atoms with Crippen molar-refractivity contribution in [3.63, 3.8) is 0 Å². The summed E-state index contributed by atoms with van der Waals surface area (Å²) in [7, 11) is 0. The molecule has 1 aliphatic heterocycles. The van der Waals surface area contributed by atoms with Crippen molar-refractivity contribution in [3.8, 4) is 0 Å². The molecular weight excluding hydrogens is 246 g/mol. The number of likely N-dealkylation sites (tertiary alicyclic amines) is 1. The van der Waals surface area contributed by atoms with Crippen LogP contribution in [0, 0.1) is 0 Å². The molecule has 1 aromatic rings. The lowest BCUT2D eigenvalue weighted by Gasteiger charge is -2.26. The average molecular weight is 265 g/mol. The number of aromatic nitrogens is 2. The molecule has 6 heteroatoms. The van der Waals surface area contributed by atoms with E-state index in [1.165, 1.54) is 17.3 Å². The number of piperidine rings is 1. The van der Waals surface area contributed by atoms with Gasteiger partial charge >= 0.3 is 5.97 Å². The van der Waals surface area contributed by atoms with Gasteiger partial charge in [-0.25, -0.2) is 4.79 Å². The number of amides is 1. The van der Waals surface area contributed by atoms with Crippen LogP contribution in [0.5, 0.6) is 0 Å². The molecular formula is C13H19N3O3. The van der Waals surface area contributed by atoms with Crippen molar-refractivity contribution in [2.24, 2.45) is 0 Å². The molecule has 2 rings (SSSR count). The minimum atomic E-state index is -0.404. The zero-order valence-electron chi connectivity index (χ0n) is 11.2. The van der Waals surface area contributed by atoms with Crippen LogP contribution >= 0.6 is 0 Å². The highest BCUT2D eigenvalue weighted by molar-refractivity contribution is 5.88. The van der Waals surface area contributed by atoms with Gasteiger partial charge in [0.1, 0.15) is 6.54 Å². The van der Waals surface area contributed by atoms with Crippen molar-refractivity contribution in [2.75, 3.05) is 19.7 Å². The Morgan fingerprint density at radius 1 is 1.32 bits per heavy atom. The van der Waals surface area contributed by atoms with Crippen molar-refractivity contribution in [3.05, 3.63) is 18.0 Å². The average Bonchev–Trinajstić information content (AvgIpc) is 2.88. The van der Waals surface area contributed by atoms with Gasteiger partial charge in [-0.05, 0) is 26.2 Å². The Kier molecular flexibility index (Phi) is 4.54. The van der Waals surface area contributed by atoms with Gasteiger partial charge in [-0.2, -0.15) is 5.10 Å². The fourth-order valence-corrected chi connectivity index (χ4v) is 2.15. The van der Waals surface area contributed by atoms with E-state index in [1.54, 1.807) is 13.1 Å². The molecule has 0 spiro atoms. The molecule has 0 bridgehead atoms. The number of carbonyl (C=O) groups is 2. The van der Waals surface area contributed by atoms with Crippen molar-refractivity contribution in [1.82, 2.24) is 14.7 Å². The number of esters is 1. The van der Waals surface area contributed by atoms with Crippen molar-refractivity contribution in [2.45, 2.75) is 32.7 Å². The van der Waals surface area contributed by atoms with Crippen molar-refractivity contribution < 1.29 is 14.3 Å². The van der Waals surface area contributed by atoms with Gasteiger partial charge in [0.2, 0.25) is 5.91 Å². The minimum Gasteiger partial charge on any atom is -0.462 e. The first-order valence-electron chi connectivity index (χ1n) is 6.68. The summed E-state index contributed by atoms with van der Waals surface area (Å²) in [6.07, 6.45) is 6.32. The molecule has 1 amide bonds. The second-order valence-corrected chi connectivity index (χ2v) is 4.59. The molecule has 2 heterocycles. The third-order valence-corrected chi connectivity index (χ3v) is 3.15. The normalized spacial score (nSPS) is 15.3. The highest BCUT2D eigenvalue weighted by Crippen LogP contribution is 2.09. The van der Waals surface area contributed by atoms with Crippen LogP contribution in [0.3, 0.4) is 0 Å². The Hall–Kier alpha value is -1.85. The number of hydrogen-bond acceptors (Lipinski definition) is 4. The van der Waals surface area contributed by atoms with Gasteiger partial charge in [0.15, 0.2) is 0 Å². The van der Waals surface area contributed by atoms with E-state index < -0.39 is 5.97 Å². The van der Waals surface area contributed by atoms with Crippen LogP contribution in [0.2, 0.25) is 0 Å². The number of ether oxygens (including phenoxy) is 1. The predicted molar refractivity (Wildman–Crippen MR) is 68.6 cm³/mol. The van der Waals surface area contributed by atoms with Crippen molar-refractivity contribution >= 4 is 11.9 Å². The lowest BCUT2D eigenvalue weighted by molar-refractivity contribution is -0.132. The van der Waals surface area contributed by atoms with Crippen LogP contribution in [0.25, 0.3) is 0 Å². The summed E-state index contributed by atoms with van der Waals surface area (Å²) in [5.74, 6) is -0.350. The maximum Gasteiger partial charge on any atom is 0.341 e. The molecule has 104 valence electrons. The molecule has 0 atom stereocenters. The molecule has 19 heavy (non-hydrogen) atoms. The van der Waals surface area contributed by atoms with Gasteiger partial charge in [-0.15, -0.1) is 0 Å². The van der Waals surface area contributed by atoms with Gasteiger partial charge in [-0.1, -0.05) is 0 Å². The van der Waals surface area contributed by atoms with Crippen LogP contribution in [0.15, 0.2) is 12.4 Å². The Bertz CT molecular complexity index is 450. The van der Waals surface area contributed by atoms with Crippen LogP contribution in [0.4, 0.5) is 0 Å². The fraction of sp³-hybridized carbons (Fsp3) is 0.615. The molecule has 0 N–H and O–H groups in total. The summed E-state index contributed by atoms with van der Waals surface area (Å²) in [5.41, 5.74) is 0.383. The van der Waals surface area contributed by atoms with E-state index in [1.807, 2.05) is 4.90 Å². The first-order chi connectivity index (χ1) is 9.20. The maximum absolute atomic E-state index is 12.0. The summed E-state index contributed by atoms with van der Waals surface area (Å²) >= 11 is 0. The van der Waals surface area contributed by atoms with E-state index in [0.717, 1.165) is 25.9 Å². The summed E-state index contributed by atoms with van der Waals surface area (Å²) in [5, 5.41) is 4.02. The molecule has 1 aromatic heterocycles. The molecule has 0 aromatic carbocycles. The van der Waals surface area contributed by atoms with Crippen LogP contribution in [-0.4, -0.2) is 46.3 Å². The van der Waals surface area contributed by atoms with Crippen molar-refractivity contribution in [1.29, 1.82) is 0 Å². The van der Waals surface area contributed by atoms with E-state index in [4.69, 9.17) is 4.74 Å². The Balaban J connectivity index is 1.92. The van der Waals surface area contributed by atoms with Gasteiger partial charge in [0.25, 0.3) is 0 Å². The fourth-order valence-electron chi connectivity index (χ4n) is 2.15. The first kappa shape index (κ1) is 13.6. The number of carbonyl (C=O) groups excluding carboxylic acids is 2. The van der Waals surface area contributed by atoms with Crippen LogP contribution in [0.1, 0.15) is 36.5 Å². The van der Waals surface area contributed by atoms with E-state index in [9.17, 15) is 9.59 Å². The lowest BCUT2D eigenvalue weighted by Crippen LogP contribution is -2.37. The summed E-state index contributed by atoms with van der Waals surface area (Å²) in [6.45, 7) is 3.91. The van der Waals surface area contributed by atoms with Gasteiger partial charge in [0, 0.05) is 19.3 Å². The first-order valence-corrected chi connectivity index (χ1v) is 6.68. The van der Waals surface area contributed by atoms with Crippen LogP contribution < -0.4 is 0 Å². The monoisotopic (exact) mass is 265 g/mol. The number of hydrogen-bond donors (Lipinski definition) is 0. The molecule has 1 saturated heterocycles. The highest BCUT2D eigenvalue weighted by Gasteiger charge is 2.17.